The highest BCUT2D eigenvalue weighted by molar-refractivity contribution is 5.80. The molecular formula is C42H79NO4. The van der Waals surface area contributed by atoms with E-state index >= 15 is 0 Å². The van der Waals surface area contributed by atoms with E-state index in [1.807, 2.05) is 6.08 Å². The maximum atomic E-state index is 12.4. The van der Waals surface area contributed by atoms with Crippen LogP contribution in [0.1, 0.15) is 200 Å². The summed E-state index contributed by atoms with van der Waals surface area (Å²) in [6.07, 6.45) is 45.9. The molecule has 0 saturated carbocycles. The summed E-state index contributed by atoms with van der Waals surface area (Å²) < 4.78 is 0. The molecule has 3 atom stereocenters. The van der Waals surface area contributed by atoms with E-state index in [4.69, 9.17) is 0 Å². The van der Waals surface area contributed by atoms with Gasteiger partial charge in [-0.05, 0) is 44.9 Å². The summed E-state index contributed by atoms with van der Waals surface area (Å²) in [6, 6.07) is -0.817. The molecule has 0 aliphatic carbocycles. The van der Waals surface area contributed by atoms with Gasteiger partial charge in [-0.1, -0.05) is 192 Å². The van der Waals surface area contributed by atoms with Gasteiger partial charge in [0.15, 0.2) is 0 Å². The average molecular weight is 662 g/mol. The first kappa shape index (κ1) is 45.6. The van der Waals surface area contributed by atoms with Crippen LogP contribution in [0.5, 0.6) is 0 Å². The van der Waals surface area contributed by atoms with Crippen LogP contribution in [0.15, 0.2) is 36.5 Å². The zero-order valence-corrected chi connectivity index (χ0v) is 31.2. The van der Waals surface area contributed by atoms with Gasteiger partial charge in [-0.3, -0.25) is 4.79 Å². The predicted octanol–water partition coefficient (Wildman–Crippen LogP) is 11.2. The number of allylic oxidation sites excluding steroid dienone is 5. The molecule has 0 bridgehead atoms. The van der Waals surface area contributed by atoms with E-state index in [-0.39, 0.29) is 6.61 Å². The van der Waals surface area contributed by atoms with E-state index in [0.29, 0.717) is 6.42 Å². The van der Waals surface area contributed by atoms with Crippen molar-refractivity contribution in [2.24, 2.45) is 0 Å². The molecule has 0 aromatic heterocycles. The topological polar surface area (TPSA) is 89.8 Å². The van der Waals surface area contributed by atoms with Crippen molar-refractivity contribution in [3.63, 3.8) is 0 Å². The van der Waals surface area contributed by atoms with Gasteiger partial charge in [-0.25, -0.2) is 0 Å². The predicted molar refractivity (Wildman–Crippen MR) is 204 cm³/mol. The Labute approximate surface area is 292 Å². The fourth-order valence-electron chi connectivity index (χ4n) is 5.98. The fraction of sp³-hybridized carbons (Fsp3) is 0.833. The van der Waals surface area contributed by atoms with Gasteiger partial charge in [0, 0.05) is 0 Å². The van der Waals surface area contributed by atoms with E-state index in [0.717, 1.165) is 44.9 Å². The smallest absolute Gasteiger partial charge is 0.249 e. The highest BCUT2D eigenvalue weighted by atomic mass is 16.3. The SMILES string of the molecule is CCCCCCCCCC/C=C/CC/C=C/CC/C=C/C(O)C(CO)NC(=O)C(O)CCCCCCCCCCCCCCCCC. The van der Waals surface area contributed by atoms with E-state index in [1.165, 1.54) is 135 Å². The van der Waals surface area contributed by atoms with Gasteiger partial charge in [0.25, 0.3) is 0 Å². The summed E-state index contributed by atoms with van der Waals surface area (Å²) in [6.45, 7) is 4.15. The van der Waals surface area contributed by atoms with Crippen molar-refractivity contribution in [3.8, 4) is 0 Å². The van der Waals surface area contributed by atoms with Gasteiger partial charge in [0.2, 0.25) is 5.91 Å². The number of carbonyl (C=O) groups is 1. The summed E-state index contributed by atoms with van der Waals surface area (Å²) in [5.41, 5.74) is 0. The quantitative estimate of drug-likeness (QED) is 0.0397. The van der Waals surface area contributed by atoms with Gasteiger partial charge in [0.05, 0.1) is 18.8 Å². The number of hydrogen-bond donors (Lipinski definition) is 4. The molecule has 5 heteroatoms. The molecule has 47 heavy (non-hydrogen) atoms. The average Bonchev–Trinajstić information content (AvgIpc) is 3.07. The lowest BCUT2D eigenvalue weighted by Crippen LogP contribution is -2.48. The van der Waals surface area contributed by atoms with E-state index in [9.17, 15) is 20.1 Å². The van der Waals surface area contributed by atoms with Crippen LogP contribution in [-0.2, 0) is 4.79 Å². The van der Waals surface area contributed by atoms with Crippen molar-refractivity contribution in [2.45, 2.75) is 218 Å². The minimum Gasteiger partial charge on any atom is -0.394 e. The Balaban J connectivity index is 3.78. The summed E-state index contributed by atoms with van der Waals surface area (Å²) >= 11 is 0. The van der Waals surface area contributed by atoms with Crippen LogP contribution in [-0.4, -0.2) is 46.1 Å². The normalized spacial score (nSPS) is 14.1. The summed E-state index contributed by atoms with van der Waals surface area (Å²) in [4.78, 5) is 12.4. The zero-order chi connectivity index (χ0) is 34.5. The van der Waals surface area contributed by atoms with Gasteiger partial charge >= 0.3 is 0 Å². The number of hydrogen-bond acceptors (Lipinski definition) is 4. The second-order valence-corrected chi connectivity index (χ2v) is 13.8. The lowest BCUT2D eigenvalue weighted by Gasteiger charge is -2.21. The van der Waals surface area contributed by atoms with E-state index in [2.05, 4.69) is 43.5 Å². The minimum atomic E-state index is -1.10. The molecule has 0 fully saturated rings. The monoisotopic (exact) mass is 662 g/mol. The lowest BCUT2D eigenvalue weighted by molar-refractivity contribution is -0.131. The first-order valence-electron chi connectivity index (χ1n) is 20.3. The van der Waals surface area contributed by atoms with Crippen molar-refractivity contribution in [2.75, 3.05) is 6.61 Å². The highest BCUT2D eigenvalue weighted by Gasteiger charge is 2.22. The number of nitrogens with one attached hydrogen (secondary N) is 1. The number of carbonyl (C=O) groups excluding carboxylic acids is 1. The maximum absolute atomic E-state index is 12.4. The van der Waals surface area contributed by atoms with Crippen molar-refractivity contribution in [1.29, 1.82) is 0 Å². The molecular weight excluding hydrogens is 582 g/mol. The largest absolute Gasteiger partial charge is 0.394 e. The Hall–Kier alpha value is -1.43. The zero-order valence-electron chi connectivity index (χ0n) is 31.2. The second-order valence-electron chi connectivity index (χ2n) is 13.8. The minimum absolute atomic E-state index is 0.380. The van der Waals surface area contributed by atoms with Crippen LogP contribution in [0.3, 0.4) is 0 Å². The van der Waals surface area contributed by atoms with Crippen molar-refractivity contribution in [3.05, 3.63) is 36.5 Å². The Kier molecular flexibility index (Phi) is 36.3. The van der Waals surface area contributed by atoms with Gasteiger partial charge in [0.1, 0.15) is 6.10 Å². The first-order valence-corrected chi connectivity index (χ1v) is 20.3. The van der Waals surface area contributed by atoms with Gasteiger partial charge in [-0.2, -0.15) is 0 Å². The van der Waals surface area contributed by atoms with Crippen LogP contribution in [0, 0.1) is 0 Å². The van der Waals surface area contributed by atoms with Crippen molar-refractivity contribution < 1.29 is 20.1 Å². The molecule has 0 rings (SSSR count). The Morgan fingerprint density at radius 3 is 1.30 bits per heavy atom. The third kappa shape index (κ3) is 32.9. The molecule has 0 radical (unpaired) electrons. The van der Waals surface area contributed by atoms with E-state index in [1.54, 1.807) is 6.08 Å². The number of aliphatic hydroxyl groups is 3. The molecule has 0 aromatic rings. The van der Waals surface area contributed by atoms with Gasteiger partial charge < -0.3 is 20.6 Å². The van der Waals surface area contributed by atoms with Crippen LogP contribution >= 0.6 is 0 Å². The molecule has 0 aliphatic heterocycles. The number of amides is 1. The Bertz CT molecular complexity index is 734. The fourth-order valence-corrected chi connectivity index (χ4v) is 5.98. The van der Waals surface area contributed by atoms with E-state index < -0.39 is 24.2 Å². The molecule has 0 aliphatic rings. The highest BCUT2D eigenvalue weighted by Crippen LogP contribution is 2.15. The third-order valence-electron chi connectivity index (χ3n) is 9.21. The van der Waals surface area contributed by atoms with Crippen molar-refractivity contribution >= 4 is 5.91 Å². The molecule has 1 amide bonds. The van der Waals surface area contributed by atoms with Crippen LogP contribution < -0.4 is 5.32 Å². The molecule has 0 saturated heterocycles. The number of aliphatic hydroxyl groups excluding tert-OH is 3. The third-order valence-corrected chi connectivity index (χ3v) is 9.21. The molecule has 0 heterocycles. The molecule has 4 N–H and O–H groups in total. The standard InChI is InChI=1S/C42H79NO4/c1-3-5-7-9-11-13-15-17-19-20-21-23-24-26-28-30-32-34-36-40(45)39(38-44)43-42(47)41(46)37-35-33-31-29-27-25-22-18-16-14-12-10-8-6-4-2/h20-21,26,28,34,36,39-41,44-46H,3-19,22-25,27,29-33,35,37-38H2,1-2H3,(H,43,47)/b21-20+,28-26+,36-34+. The number of rotatable bonds is 36. The van der Waals surface area contributed by atoms with Gasteiger partial charge in [-0.15, -0.1) is 0 Å². The Morgan fingerprint density at radius 2 is 0.872 bits per heavy atom. The maximum Gasteiger partial charge on any atom is 0.249 e. The molecule has 0 spiro atoms. The summed E-state index contributed by atoms with van der Waals surface area (Å²) in [5.74, 6) is -0.517. The molecule has 276 valence electrons. The summed E-state index contributed by atoms with van der Waals surface area (Å²) in [5, 5.41) is 33.0. The molecule has 0 aromatic carbocycles. The van der Waals surface area contributed by atoms with Crippen LogP contribution in [0.2, 0.25) is 0 Å². The summed E-state index contributed by atoms with van der Waals surface area (Å²) in [7, 11) is 0. The Morgan fingerprint density at radius 1 is 0.511 bits per heavy atom. The second kappa shape index (κ2) is 37.4. The van der Waals surface area contributed by atoms with Crippen LogP contribution in [0.25, 0.3) is 0 Å². The molecule has 3 unspecified atom stereocenters. The number of unbranched alkanes of at least 4 members (excludes halogenated alkanes) is 24. The van der Waals surface area contributed by atoms with Crippen molar-refractivity contribution in [1.82, 2.24) is 5.32 Å². The van der Waals surface area contributed by atoms with Crippen LogP contribution in [0.4, 0.5) is 0 Å². The lowest BCUT2D eigenvalue weighted by atomic mass is 10.0. The molecule has 5 nitrogen and oxygen atoms in total. The first-order chi connectivity index (χ1) is 23.1.